The molecular weight excluding hydrogens is 260 g/mol. The Kier molecular flexibility index (Phi) is 4.13. The molecule has 0 fully saturated rings. The van der Waals surface area contributed by atoms with Gasteiger partial charge in [0.2, 0.25) is 5.91 Å². The lowest BCUT2D eigenvalue weighted by Crippen LogP contribution is -2.30. The zero-order chi connectivity index (χ0) is 13.8. The number of hydrogen-bond acceptors (Lipinski definition) is 4. The SMILES string of the molecule is COc1ccccc1[C@H]1CC(=O)NC(SC)=C1C#N. The zero-order valence-corrected chi connectivity index (χ0v) is 11.6. The maximum absolute atomic E-state index is 11.8. The van der Waals surface area contributed by atoms with Crippen LogP contribution in [-0.2, 0) is 4.79 Å². The molecule has 1 aromatic carbocycles. The maximum atomic E-state index is 11.8. The third kappa shape index (κ3) is 2.59. The van der Waals surface area contributed by atoms with E-state index < -0.39 is 0 Å². The standard InChI is InChI=1S/C14H14N2O2S/c1-18-12-6-4-3-5-9(12)10-7-13(17)16-14(19-2)11(10)8-15/h3-6,10H,7H2,1-2H3,(H,16,17)/t10-/m1/s1. The van der Waals surface area contributed by atoms with Crippen LogP contribution in [0.25, 0.3) is 0 Å². The summed E-state index contributed by atoms with van der Waals surface area (Å²) in [5.41, 5.74) is 1.47. The molecule has 0 unspecified atom stereocenters. The number of thioether (sulfide) groups is 1. The molecule has 1 aliphatic heterocycles. The van der Waals surface area contributed by atoms with Gasteiger partial charge in [0.15, 0.2) is 0 Å². The van der Waals surface area contributed by atoms with Gasteiger partial charge in [-0.2, -0.15) is 5.26 Å². The fourth-order valence-electron chi connectivity index (χ4n) is 2.20. The van der Waals surface area contributed by atoms with Gasteiger partial charge >= 0.3 is 0 Å². The first-order valence-corrected chi connectivity index (χ1v) is 7.04. The van der Waals surface area contributed by atoms with Crippen molar-refractivity contribution in [3.8, 4) is 11.8 Å². The molecule has 98 valence electrons. The molecular formula is C14H14N2O2S. The first-order chi connectivity index (χ1) is 9.21. The molecule has 0 aliphatic carbocycles. The second-order valence-corrected chi connectivity index (χ2v) is 4.92. The summed E-state index contributed by atoms with van der Waals surface area (Å²) in [5, 5.41) is 12.7. The summed E-state index contributed by atoms with van der Waals surface area (Å²) < 4.78 is 5.32. The summed E-state index contributed by atoms with van der Waals surface area (Å²) in [5.74, 6) is 0.395. The van der Waals surface area contributed by atoms with Crippen LogP contribution in [0.4, 0.5) is 0 Å². The van der Waals surface area contributed by atoms with E-state index in [9.17, 15) is 10.1 Å². The molecule has 1 atom stereocenters. The van der Waals surface area contributed by atoms with Crippen molar-refractivity contribution in [2.75, 3.05) is 13.4 Å². The monoisotopic (exact) mass is 274 g/mol. The first kappa shape index (κ1) is 13.5. The number of para-hydroxylation sites is 1. The molecule has 0 saturated heterocycles. The summed E-state index contributed by atoms with van der Waals surface area (Å²) >= 11 is 1.38. The van der Waals surface area contributed by atoms with E-state index in [4.69, 9.17) is 4.74 Å². The van der Waals surface area contributed by atoms with Crippen LogP contribution in [0.3, 0.4) is 0 Å². The number of carbonyl (C=O) groups excluding carboxylic acids is 1. The smallest absolute Gasteiger partial charge is 0.225 e. The molecule has 1 amide bonds. The van der Waals surface area contributed by atoms with Gasteiger partial charge in [-0.25, -0.2) is 0 Å². The van der Waals surface area contributed by atoms with E-state index in [1.165, 1.54) is 11.8 Å². The Hall–Kier alpha value is -1.93. The van der Waals surface area contributed by atoms with Gasteiger partial charge in [0, 0.05) is 17.9 Å². The fourth-order valence-corrected chi connectivity index (χ4v) is 2.82. The Bertz CT molecular complexity index is 575. The van der Waals surface area contributed by atoms with Crippen molar-refractivity contribution in [1.82, 2.24) is 5.32 Å². The molecule has 1 aliphatic rings. The van der Waals surface area contributed by atoms with E-state index in [1.54, 1.807) is 7.11 Å². The normalized spacial score (nSPS) is 18.8. The van der Waals surface area contributed by atoms with Gasteiger partial charge in [0.25, 0.3) is 0 Å². The minimum atomic E-state index is -0.239. The Morgan fingerprint density at radius 3 is 2.84 bits per heavy atom. The Morgan fingerprint density at radius 2 is 2.21 bits per heavy atom. The number of rotatable bonds is 3. The number of nitrogens with one attached hydrogen (secondary N) is 1. The number of hydrogen-bond donors (Lipinski definition) is 1. The van der Waals surface area contributed by atoms with Crippen molar-refractivity contribution in [1.29, 1.82) is 5.26 Å². The van der Waals surface area contributed by atoms with Gasteiger partial charge < -0.3 is 10.1 Å². The summed E-state index contributed by atoms with van der Waals surface area (Å²) in [6.07, 6.45) is 2.12. The molecule has 1 aromatic rings. The number of ether oxygens (including phenoxy) is 1. The Morgan fingerprint density at radius 1 is 1.47 bits per heavy atom. The highest BCUT2D eigenvalue weighted by atomic mass is 32.2. The quantitative estimate of drug-likeness (QED) is 0.919. The molecule has 1 N–H and O–H groups in total. The number of methoxy groups -OCH3 is 1. The predicted octanol–water partition coefficient (Wildman–Crippen LogP) is 2.40. The lowest BCUT2D eigenvalue weighted by Gasteiger charge is -2.25. The van der Waals surface area contributed by atoms with Gasteiger partial charge in [-0.3, -0.25) is 4.79 Å². The highest BCUT2D eigenvalue weighted by Crippen LogP contribution is 2.38. The molecule has 0 saturated carbocycles. The van der Waals surface area contributed by atoms with Gasteiger partial charge in [0.05, 0.1) is 23.8 Å². The Balaban J connectivity index is 2.53. The third-order valence-corrected chi connectivity index (χ3v) is 3.80. The molecule has 2 rings (SSSR count). The summed E-state index contributed by atoms with van der Waals surface area (Å²) in [4.78, 5) is 11.8. The van der Waals surface area contributed by atoms with Crippen molar-refractivity contribution in [2.24, 2.45) is 0 Å². The largest absolute Gasteiger partial charge is 0.496 e. The van der Waals surface area contributed by atoms with Crippen molar-refractivity contribution >= 4 is 17.7 Å². The fraction of sp³-hybridized carbons (Fsp3) is 0.286. The number of allylic oxidation sites excluding steroid dienone is 1. The van der Waals surface area contributed by atoms with Crippen molar-refractivity contribution in [3.63, 3.8) is 0 Å². The van der Waals surface area contributed by atoms with Gasteiger partial charge in [0.1, 0.15) is 5.75 Å². The van der Waals surface area contributed by atoms with Crippen molar-refractivity contribution in [2.45, 2.75) is 12.3 Å². The Labute approximate surface area is 116 Å². The minimum Gasteiger partial charge on any atom is -0.496 e. The van der Waals surface area contributed by atoms with Gasteiger partial charge in [-0.05, 0) is 12.3 Å². The lowest BCUT2D eigenvalue weighted by atomic mass is 9.86. The number of nitrogens with zero attached hydrogens (tertiary/aromatic N) is 1. The van der Waals surface area contributed by atoms with Crippen molar-refractivity contribution < 1.29 is 9.53 Å². The molecule has 4 nitrogen and oxygen atoms in total. The molecule has 19 heavy (non-hydrogen) atoms. The van der Waals surface area contributed by atoms with Crippen LogP contribution >= 0.6 is 11.8 Å². The number of carbonyl (C=O) groups is 1. The van der Waals surface area contributed by atoms with E-state index in [1.807, 2.05) is 30.5 Å². The van der Waals surface area contributed by atoms with Gasteiger partial charge in [-0.15, -0.1) is 11.8 Å². The van der Waals surface area contributed by atoms with Crippen LogP contribution in [0.5, 0.6) is 5.75 Å². The second kappa shape index (κ2) is 5.81. The average Bonchev–Trinajstić information content (AvgIpc) is 2.46. The van der Waals surface area contributed by atoms with Crippen LogP contribution in [0, 0.1) is 11.3 Å². The molecule has 5 heteroatoms. The number of benzene rings is 1. The number of amides is 1. The minimum absolute atomic E-state index is 0.0701. The molecule has 1 heterocycles. The molecule has 0 bridgehead atoms. The van der Waals surface area contributed by atoms with E-state index in [0.29, 0.717) is 16.4 Å². The van der Waals surface area contributed by atoms with E-state index in [0.717, 1.165) is 5.56 Å². The van der Waals surface area contributed by atoms with Crippen LogP contribution in [0.1, 0.15) is 17.9 Å². The van der Waals surface area contributed by atoms with E-state index in [-0.39, 0.29) is 18.2 Å². The summed E-state index contributed by atoms with van der Waals surface area (Å²) in [6.45, 7) is 0. The predicted molar refractivity (Wildman–Crippen MR) is 74.6 cm³/mol. The molecule has 0 aromatic heterocycles. The van der Waals surface area contributed by atoms with E-state index >= 15 is 0 Å². The maximum Gasteiger partial charge on any atom is 0.225 e. The topological polar surface area (TPSA) is 62.1 Å². The lowest BCUT2D eigenvalue weighted by molar-refractivity contribution is -0.120. The van der Waals surface area contributed by atoms with Crippen LogP contribution < -0.4 is 10.1 Å². The molecule has 0 radical (unpaired) electrons. The van der Waals surface area contributed by atoms with Crippen molar-refractivity contribution in [3.05, 3.63) is 40.4 Å². The average molecular weight is 274 g/mol. The molecule has 0 spiro atoms. The van der Waals surface area contributed by atoms with E-state index in [2.05, 4.69) is 11.4 Å². The zero-order valence-electron chi connectivity index (χ0n) is 10.8. The van der Waals surface area contributed by atoms with Crippen LogP contribution in [0.2, 0.25) is 0 Å². The first-order valence-electron chi connectivity index (χ1n) is 5.82. The highest BCUT2D eigenvalue weighted by molar-refractivity contribution is 8.02. The van der Waals surface area contributed by atoms with Gasteiger partial charge in [-0.1, -0.05) is 18.2 Å². The second-order valence-electron chi connectivity index (χ2n) is 4.11. The van der Waals surface area contributed by atoms with Crippen LogP contribution in [0.15, 0.2) is 34.9 Å². The van der Waals surface area contributed by atoms with Crippen LogP contribution in [-0.4, -0.2) is 19.3 Å². The summed E-state index contributed by atoms with van der Waals surface area (Å²) in [7, 11) is 1.59. The highest BCUT2D eigenvalue weighted by Gasteiger charge is 2.30. The number of nitriles is 1. The third-order valence-electron chi connectivity index (χ3n) is 3.07. The summed E-state index contributed by atoms with van der Waals surface area (Å²) in [6, 6.07) is 9.72.